The summed E-state index contributed by atoms with van der Waals surface area (Å²) in [6.45, 7) is 0. The number of rotatable bonds is 3. The third-order valence-electron chi connectivity index (χ3n) is 1.65. The Labute approximate surface area is 104 Å². The van der Waals surface area contributed by atoms with Crippen molar-refractivity contribution in [3.05, 3.63) is 17.7 Å². The number of methoxy groups -OCH3 is 2. The molecule has 4 nitrogen and oxygen atoms in total. The smallest absolute Gasteiger partial charge is 0.157 e. The zero-order valence-corrected chi connectivity index (χ0v) is 10.4. The molecule has 14 heavy (non-hydrogen) atoms. The summed E-state index contributed by atoms with van der Waals surface area (Å²) in [4.78, 5) is 10.6. The summed E-state index contributed by atoms with van der Waals surface area (Å²) in [5, 5.41) is 9.20. The monoisotopic (exact) mass is 205 g/mol. The van der Waals surface area contributed by atoms with Gasteiger partial charge in [0.05, 0.1) is 19.8 Å². The van der Waals surface area contributed by atoms with Crippen LogP contribution in [0.5, 0.6) is 17.2 Å². The standard InChI is InChI=1S/C9H10O4.Na/c1-12-8-3-6(11)4-9(13-2)7(8)5-10;/h3-5,11H,1-2H3;. The minimum atomic E-state index is -0.000648. The summed E-state index contributed by atoms with van der Waals surface area (Å²) in [5.74, 6) is 0.595. The number of benzene rings is 1. The van der Waals surface area contributed by atoms with Crippen molar-refractivity contribution in [2.75, 3.05) is 14.2 Å². The van der Waals surface area contributed by atoms with Crippen LogP contribution in [0.25, 0.3) is 0 Å². The van der Waals surface area contributed by atoms with Gasteiger partial charge in [0.25, 0.3) is 0 Å². The van der Waals surface area contributed by atoms with E-state index < -0.39 is 0 Å². The first kappa shape index (κ1) is 13.3. The van der Waals surface area contributed by atoms with Crippen LogP contribution < -0.4 is 9.47 Å². The second kappa shape index (κ2) is 5.90. The van der Waals surface area contributed by atoms with Crippen LogP contribution in [0.1, 0.15) is 10.4 Å². The van der Waals surface area contributed by atoms with Crippen LogP contribution in [-0.2, 0) is 0 Å². The fourth-order valence-corrected chi connectivity index (χ4v) is 1.04. The number of ether oxygens (including phenoxy) is 2. The van der Waals surface area contributed by atoms with Crippen LogP contribution in [0.15, 0.2) is 12.1 Å². The molecule has 0 atom stereocenters. The van der Waals surface area contributed by atoms with Crippen molar-refractivity contribution in [2.45, 2.75) is 0 Å². The van der Waals surface area contributed by atoms with Crippen molar-refractivity contribution in [3.8, 4) is 17.2 Å². The zero-order chi connectivity index (χ0) is 9.84. The van der Waals surface area contributed by atoms with Gasteiger partial charge in [0.15, 0.2) is 6.29 Å². The van der Waals surface area contributed by atoms with Crippen molar-refractivity contribution in [2.24, 2.45) is 0 Å². The maximum Gasteiger partial charge on any atom is 0.157 e. The van der Waals surface area contributed by atoms with E-state index in [1.165, 1.54) is 26.4 Å². The predicted molar refractivity (Wildman–Crippen MR) is 52.4 cm³/mol. The van der Waals surface area contributed by atoms with Crippen molar-refractivity contribution >= 4 is 35.8 Å². The second-order valence-corrected chi connectivity index (χ2v) is 2.38. The molecule has 0 bridgehead atoms. The molecule has 0 aliphatic heterocycles. The van der Waals surface area contributed by atoms with E-state index in [-0.39, 0.29) is 35.3 Å². The van der Waals surface area contributed by atoms with E-state index in [0.29, 0.717) is 23.3 Å². The summed E-state index contributed by atoms with van der Waals surface area (Å²) in [6.07, 6.45) is 0.622. The van der Waals surface area contributed by atoms with Crippen molar-refractivity contribution in [1.82, 2.24) is 0 Å². The summed E-state index contributed by atoms with van der Waals surface area (Å²) in [5.41, 5.74) is 0.294. The van der Waals surface area contributed by atoms with E-state index >= 15 is 0 Å². The average Bonchev–Trinajstić information content (AvgIpc) is 2.16. The number of hydrogen-bond acceptors (Lipinski definition) is 4. The molecule has 0 fully saturated rings. The quantitative estimate of drug-likeness (QED) is 0.586. The molecule has 0 aromatic heterocycles. The average molecular weight is 205 g/mol. The molecule has 0 saturated heterocycles. The van der Waals surface area contributed by atoms with Crippen LogP contribution in [0.4, 0.5) is 0 Å². The molecule has 1 aromatic rings. The van der Waals surface area contributed by atoms with Gasteiger partial charge in [-0.2, -0.15) is 0 Å². The third-order valence-corrected chi connectivity index (χ3v) is 1.65. The Balaban J connectivity index is 0.00000169. The van der Waals surface area contributed by atoms with Crippen LogP contribution in [0.3, 0.4) is 0 Å². The molecule has 0 aliphatic rings. The van der Waals surface area contributed by atoms with Crippen molar-refractivity contribution in [3.63, 3.8) is 0 Å². The topological polar surface area (TPSA) is 55.8 Å². The van der Waals surface area contributed by atoms with Gasteiger partial charge in [-0.05, 0) is 0 Å². The predicted octanol–water partition coefficient (Wildman–Crippen LogP) is 0.841. The number of phenols is 1. The van der Waals surface area contributed by atoms with Gasteiger partial charge in [0, 0.05) is 41.7 Å². The van der Waals surface area contributed by atoms with E-state index in [9.17, 15) is 9.90 Å². The number of aromatic hydroxyl groups is 1. The fraction of sp³-hybridized carbons (Fsp3) is 0.222. The van der Waals surface area contributed by atoms with Gasteiger partial charge in [-0.15, -0.1) is 0 Å². The molecule has 0 aliphatic carbocycles. The molecule has 71 valence electrons. The maximum atomic E-state index is 10.6. The van der Waals surface area contributed by atoms with E-state index in [4.69, 9.17) is 9.47 Å². The van der Waals surface area contributed by atoms with Gasteiger partial charge in [-0.3, -0.25) is 4.79 Å². The molecular weight excluding hydrogens is 195 g/mol. The van der Waals surface area contributed by atoms with Gasteiger partial charge in [0.2, 0.25) is 0 Å². The molecule has 0 saturated carbocycles. The Morgan fingerprint density at radius 1 is 1.21 bits per heavy atom. The van der Waals surface area contributed by atoms with Crippen LogP contribution in [-0.4, -0.2) is 55.2 Å². The van der Waals surface area contributed by atoms with Gasteiger partial charge >= 0.3 is 0 Å². The summed E-state index contributed by atoms with van der Waals surface area (Å²) >= 11 is 0. The second-order valence-electron chi connectivity index (χ2n) is 2.38. The molecule has 1 N–H and O–H groups in total. The number of hydrogen-bond donors (Lipinski definition) is 1. The van der Waals surface area contributed by atoms with Gasteiger partial charge in [-0.25, -0.2) is 0 Å². The molecule has 0 spiro atoms. The molecule has 0 heterocycles. The van der Waals surface area contributed by atoms with Crippen molar-refractivity contribution in [1.29, 1.82) is 0 Å². The summed E-state index contributed by atoms with van der Waals surface area (Å²) in [7, 11) is 2.84. The number of phenolic OH excluding ortho intramolecular Hbond substituents is 1. The summed E-state index contributed by atoms with van der Waals surface area (Å²) < 4.78 is 9.78. The molecule has 0 unspecified atom stereocenters. The van der Waals surface area contributed by atoms with Gasteiger partial charge in [0.1, 0.15) is 17.2 Å². The van der Waals surface area contributed by atoms with E-state index in [1.807, 2.05) is 0 Å². The van der Waals surface area contributed by atoms with E-state index in [1.54, 1.807) is 0 Å². The molecule has 0 amide bonds. The maximum absolute atomic E-state index is 10.6. The molecule has 1 aromatic carbocycles. The first-order valence-corrected chi connectivity index (χ1v) is 3.63. The Kier molecular flexibility index (Phi) is 5.60. The Morgan fingerprint density at radius 3 is 1.93 bits per heavy atom. The largest absolute Gasteiger partial charge is 0.508 e. The SMILES string of the molecule is COc1cc(O)cc(OC)c1C=O.[Na]. The normalized spacial score (nSPS) is 8.71. The first-order valence-electron chi connectivity index (χ1n) is 3.63. The van der Waals surface area contributed by atoms with Crippen LogP contribution in [0.2, 0.25) is 0 Å². The first-order chi connectivity index (χ1) is 6.22. The van der Waals surface area contributed by atoms with Crippen LogP contribution >= 0.6 is 0 Å². The molecule has 5 heteroatoms. The summed E-state index contributed by atoms with van der Waals surface area (Å²) in [6, 6.07) is 2.71. The van der Waals surface area contributed by atoms with Crippen LogP contribution in [0, 0.1) is 0 Å². The number of carbonyl (C=O) groups is 1. The molecular formula is C9H10NaO4. The third kappa shape index (κ3) is 2.64. The Morgan fingerprint density at radius 2 is 1.64 bits per heavy atom. The van der Waals surface area contributed by atoms with Crippen molar-refractivity contribution < 1.29 is 19.4 Å². The minimum absolute atomic E-state index is 0. The minimum Gasteiger partial charge on any atom is -0.508 e. The van der Waals surface area contributed by atoms with E-state index in [2.05, 4.69) is 0 Å². The van der Waals surface area contributed by atoms with Gasteiger partial charge < -0.3 is 14.6 Å². The number of carbonyl (C=O) groups excluding carboxylic acids is 1. The Bertz CT molecular complexity index is 300. The molecule has 1 radical (unpaired) electrons. The molecule has 1 rings (SSSR count). The van der Waals surface area contributed by atoms with Gasteiger partial charge in [-0.1, -0.05) is 0 Å². The number of aldehydes is 1. The fourth-order valence-electron chi connectivity index (χ4n) is 1.04. The Hall–Kier alpha value is -0.710. The zero-order valence-electron chi connectivity index (χ0n) is 8.40. The van der Waals surface area contributed by atoms with E-state index in [0.717, 1.165) is 0 Å².